The monoisotopic (exact) mass is 278 g/mol. The van der Waals surface area contributed by atoms with Gasteiger partial charge in [0.15, 0.2) is 5.84 Å². The van der Waals surface area contributed by atoms with Gasteiger partial charge in [0.2, 0.25) is 0 Å². The van der Waals surface area contributed by atoms with Crippen LogP contribution in [0.5, 0.6) is 0 Å². The van der Waals surface area contributed by atoms with Crippen molar-refractivity contribution in [2.45, 2.75) is 18.0 Å². The average Bonchev–Trinajstić information content (AvgIpc) is 2.27. The van der Waals surface area contributed by atoms with Gasteiger partial charge in [-0.2, -0.15) is 13.2 Å². The van der Waals surface area contributed by atoms with Crippen molar-refractivity contribution in [1.82, 2.24) is 0 Å². The molecule has 0 aliphatic rings. The molecule has 0 aliphatic heterocycles. The van der Waals surface area contributed by atoms with Crippen molar-refractivity contribution in [2.24, 2.45) is 16.8 Å². The molecule has 3 nitrogen and oxygen atoms in total. The molecule has 0 spiro atoms. The Morgan fingerprint density at radius 3 is 2.67 bits per heavy atom. The number of thioether (sulfide) groups is 1. The zero-order valence-corrected chi connectivity index (χ0v) is 10.4. The quantitative estimate of drug-likeness (QED) is 0.293. The van der Waals surface area contributed by atoms with E-state index in [1.165, 1.54) is 0 Å². The van der Waals surface area contributed by atoms with Crippen LogP contribution in [0.3, 0.4) is 0 Å². The van der Waals surface area contributed by atoms with Gasteiger partial charge in [0.1, 0.15) is 5.92 Å². The van der Waals surface area contributed by atoms with Crippen LogP contribution in [0.1, 0.15) is 5.56 Å². The number of amidine groups is 1. The zero-order chi connectivity index (χ0) is 13.8. The number of nitrogens with zero attached hydrogens (tertiary/aromatic N) is 1. The van der Waals surface area contributed by atoms with Crippen LogP contribution < -0.4 is 5.73 Å². The molecule has 18 heavy (non-hydrogen) atoms. The summed E-state index contributed by atoms with van der Waals surface area (Å²) in [5.41, 5.74) is 6.03. The highest BCUT2D eigenvalue weighted by atomic mass is 32.2. The smallest absolute Gasteiger partial charge is 0.399 e. The third-order valence-corrected chi connectivity index (χ3v) is 3.36. The molecule has 0 heterocycles. The van der Waals surface area contributed by atoms with Crippen molar-refractivity contribution in [3.63, 3.8) is 0 Å². The van der Waals surface area contributed by atoms with Crippen molar-refractivity contribution >= 4 is 17.6 Å². The predicted molar refractivity (Wildman–Crippen MR) is 64.9 cm³/mol. The molecule has 1 rings (SSSR count). The van der Waals surface area contributed by atoms with Crippen LogP contribution in [0.25, 0.3) is 0 Å². The average molecular weight is 278 g/mol. The van der Waals surface area contributed by atoms with Gasteiger partial charge in [-0.25, -0.2) is 0 Å². The Morgan fingerprint density at radius 1 is 1.50 bits per heavy atom. The lowest BCUT2D eigenvalue weighted by molar-refractivity contribution is -0.150. The molecule has 1 aromatic rings. The second-order valence-electron chi connectivity index (χ2n) is 3.75. The second-order valence-corrected chi connectivity index (χ2v) is 4.84. The summed E-state index contributed by atoms with van der Waals surface area (Å²) >= 11 is 1.02. The van der Waals surface area contributed by atoms with Gasteiger partial charge >= 0.3 is 6.18 Å². The normalized spacial score (nSPS) is 14.6. The number of halogens is 3. The van der Waals surface area contributed by atoms with Gasteiger partial charge in [0.05, 0.1) is 0 Å². The van der Waals surface area contributed by atoms with E-state index in [-0.39, 0.29) is 5.75 Å². The maximum Gasteiger partial charge on any atom is 0.399 e. The minimum absolute atomic E-state index is 0.317. The molecule has 0 bridgehead atoms. The van der Waals surface area contributed by atoms with E-state index in [0.717, 1.165) is 22.2 Å². The molecule has 0 amide bonds. The number of nitrogens with two attached hydrogens (primary N) is 1. The van der Waals surface area contributed by atoms with E-state index in [1.807, 2.05) is 13.0 Å². The first-order valence-corrected chi connectivity index (χ1v) is 6.06. The van der Waals surface area contributed by atoms with E-state index in [1.54, 1.807) is 18.2 Å². The summed E-state index contributed by atoms with van der Waals surface area (Å²) in [5, 5.41) is 10.8. The zero-order valence-electron chi connectivity index (χ0n) is 9.61. The lowest BCUT2D eigenvalue weighted by Crippen LogP contribution is -2.37. The Labute approximate surface area is 107 Å². The maximum atomic E-state index is 12.7. The molecule has 100 valence electrons. The largest absolute Gasteiger partial charge is 0.409 e. The van der Waals surface area contributed by atoms with Crippen molar-refractivity contribution in [2.75, 3.05) is 5.75 Å². The molecule has 1 aromatic carbocycles. The van der Waals surface area contributed by atoms with E-state index in [0.29, 0.717) is 0 Å². The first-order chi connectivity index (χ1) is 8.34. The highest BCUT2D eigenvalue weighted by Crippen LogP contribution is 2.32. The molecule has 1 atom stereocenters. The summed E-state index contributed by atoms with van der Waals surface area (Å²) < 4.78 is 38.0. The fraction of sp³-hybridized carbons (Fsp3) is 0.364. The van der Waals surface area contributed by atoms with E-state index in [2.05, 4.69) is 5.16 Å². The summed E-state index contributed by atoms with van der Waals surface area (Å²) in [6.07, 6.45) is -4.52. The van der Waals surface area contributed by atoms with Crippen LogP contribution in [0, 0.1) is 12.8 Å². The van der Waals surface area contributed by atoms with Crippen molar-refractivity contribution in [3.8, 4) is 0 Å². The summed E-state index contributed by atoms with van der Waals surface area (Å²) in [7, 11) is 0. The molecule has 1 unspecified atom stereocenters. The SMILES string of the molecule is Cc1cccc(SCC(/C(N)=N/O)C(F)(F)F)c1. The minimum Gasteiger partial charge on any atom is -0.409 e. The lowest BCUT2D eigenvalue weighted by Gasteiger charge is -2.18. The Balaban J connectivity index is 2.75. The minimum atomic E-state index is -4.52. The Hall–Kier alpha value is -1.37. The molecule has 0 aromatic heterocycles. The number of hydrogen-bond donors (Lipinski definition) is 2. The van der Waals surface area contributed by atoms with Crippen LogP contribution in [-0.4, -0.2) is 23.0 Å². The van der Waals surface area contributed by atoms with Gasteiger partial charge in [0.25, 0.3) is 0 Å². The molecule has 0 aliphatic carbocycles. The third-order valence-electron chi connectivity index (χ3n) is 2.27. The first kappa shape index (κ1) is 14.7. The van der Waals surface area contributed by atoms with Crippen LogP contribution in [0.4, 0.5) is 13.2 Å². The highest BCUT2D eigenvalue weighted by molar-refractivity contribution is 7.99. The maximum absolute atomic E-state index is 12.7. The van der Waals surface area contributed by atoms with Gasteiger partial charge in [-0.3, -0.25) is 0 Å². The third kappa shape index (κ3) is 4.14. The molecular weight excluding hydrogens is 265 g/mol. The van der Waals surface area contributed by atoms with Gasteiger partial charge in [-0.05, 0) is 19.1 Å². The van der Waals surface area contributed by atoms with E-state index in [4.69, 9.17) is 10.9 Å². The van der Waals surface area contributed by atoms with Crippen molar-refractivity contribution < 1.29 is 18.4 Å². The van der Waals surface area contributed by atoms with Crippen molar-refractivity contribution in [3.05, 3.63) is 29.8 Å². The van der Waals surface area contributed by atoms with Gasteiger partial charge in [0, 0.05) is 10.6 Å². The number of benzene rings is 1. The number of aryl methyl sites for hydroxylation is 1. The highest BCUT2D eigenvalue weighted by Gasteiger charge is 2.42. The topological polar surface area (TPSA) is 58.6 Å². The van der Waals surface area contributed by atoms with Gasteiger partial charge in [-0.1, -0.05) is 22.9 Å². The summed E-state index contributed by atoms with van der Waals surface area (Å²) in [6, 6.07) is 7.13. The number of rotatable bonds is 4. The Kier molecular flexibility index (Phi) is 4.89. The summed E-state index contributed by atoms with van der Waals surface area (Å²) in [4.78, 5) is 0.718. The summed E-state index contributed by atoms with van der Waals surface area (Å²) in [5.74, 6) is -3.08. The van der Waals surface area contributed by atoms with Gasteiger partial charge < -0.3 is 10.9 Å². The molecule has 0 fully saturated rings. The van der Waals surface area contributed by atoms with E-state index in [9.17, 15) is 13.2 Å². The molecule has 0 saturated carbocycles. The number of hydrogen-bond acceptors (Lipinski definition) is 3. The standard InChI is InChI=1S/C11H13F3N2OS/c1-7-3-2-4-8(5-7)18-6-9(10(15)16-17)11(12,13)14/h2-5,9,17H,6H2,1H3,(H2,15,16). The van der Waals surface area contributed by atoms with E-state index >= 15 is 0 Å². The fourth-order valence-corrected chi connectivity index (χ4v) is 2.46. The first-order valence-electron chi connectivity index (χ1n) is 5.08. The molecular formula is C11H13F3N2OS. The van der Waals surface area contributed by atoms with Crippen LogP contribution >= 0.6 is 11.8 Å². The summed E-state index contributed by atoms with van der Waals surface area (Å²) in [6.45, 7) is 1.86. The molecule has 0 saturated heterocycles. The Morgan fingerprint density at radius 2 is 2.17 bits per heavy atom. The number of alkyl halides is 3. The molecule has 3 N–H and O–H groups in total. The lowest BCUT2D eigenvalue weighted by atomic mass is 10.1. The molecule has 7 heteroatoms. The predicted octanol–water partition coefficient (Wildman–Crippen LogP) is 3.01. The van der Waals surface area contributed by atoms with E-state index < -0.39 is 17.9 Å². The second kappa shape index (κ2) is 5.99. The van der Waals surface area contributed by atoms with Crippen LogP contribution in [0.15, 0.2) is 34.3 Å². The van der Waals surface area contributed by atoms with Crippen LogP contribution in [-0.2, 0) is 0 Å². The fourth-order valence-electron chi connectivity index (χ4n) is 1.30. The Bertz CT molecular complexity index is 435. The van der Waals surface area contributed by atoms with Crippen LogP contribution in [0.2, 0.25) is 0 Å². The number of oxime groups is 1. The van der Waals surface area contributed by atoms with Gasteiger partial charge in [-0.15, -0.1) is 11.8 Å². The molecule has 0 radical (unpaired) electrons. The van der Waals surface area contributed by atoms with Crippen molar-refractivity contribution in [1.29, 1.82) is 0 Å².